The fourth-order valence-electron chi connectivity index (χ4n) is 2.40. The van der Waals surface area contributed by atoms with Gasteiger partial charge in [-0.15, -0.1) is 0 Å². The summed E-state index contributed by atoms with van der Waals surface area (Å²) in [6.45, 7) is 0. The van der Waals surface area contributed by atoms with Gasteiger partial charge in [0.15, 0.2) is 0 Å². The number of amides is 1. The summed E-state index contributed by atoms with van der Waals surface area (Å²) in [5.41, 5.74) is 0.485. The van der Waals surface area contributed by atoms with Crippen LogP contribution in [-0.2, 0) is 0 Å². The van der Waals surface area contributed by atoms with Crippen molar-refractivity contribution in [2.45, 2.75) is 37.0 Å². The summed E-state index contributed by atoms with van der Waals surface area (Å²) in [5.74, 6) is 0.656. The van der Waals surface area contributed by atoms with Crippen molar-refractivity contribution in [1.29, 1.82) is 0 Å². The van der Waals surface area contributed by atoms with Crippen LogP contribution in [-0.4, -0.2) is 35.5 Å². The van der Waals surface area contributed by atoms with Crippen molar-refractivity contribution in [2.75, 3.05) is 18.6 Å². The number of carbonyl (C=O) groups excluding carboxylic acids is 1. The van der Waals surface area contributed by atoms with Crippen molar-refractivity contribution < 1.29 is 4.79 Å². The van der Waals surface area contributed by atoms with Crippen LogP contribution in [0.5, 0.6) is 0 Å². The van der Waals surface area contributed by atoms with E-state index >= 15 is 0 Å². The van der Waals surface area contributed by atoms with E-state index in [2.05, 4.69) is 21.9 Å². The van der Waals surface area contributed by atoms with Gasteiger partial charge in [0.25, 0.3) is 5.91 Å². The van der Waals surface area contributed by atoms with Gasteiger partial charge < -0.3 is 10.6 Å². The van der Waals surface area contributed by atoms with E-state index in [0.29, 0.717) is 11.7 Å². The largest absolute Gasteiger partial charge is 0.373 e. The minimum atomic E-state index is -0.0651. The number of nitrogens with one attached hydrogen (secondary N) is 2. The zero-order chi connectivity index (χ0) is 13.7. The van der Waals surface area contributed by atoms with Gasteiger partial charge in [-0.25, -0.2) is 4.98 Å². The van der Waals surface area contributed by atoms with Gasteiger partial charge in [0.05, 0.1) is 0 Å². The summed E-state index contributed by atoms with van der Waals surface area (Å²) < 4.78 is 0. The molecule has 4 nitrogen and oxygen atoms in total. The van der Waals surface area contributed by atoms with Crippen LogP contribution in [0.4, 0.5) is 5.82 Å². The van der Waals surface area contributed by atoms with Gasteiger partial charge in [-0.05, 0) is 44.1 Å². The fraction of sp³-hybridized carbons (Fsp3) is 0.571. The highest BCUT2D eigenvalue weighted by molar-refractivity contribution is 7.99. The van der Waals surface area contributed by atoms with E-state index in [1.54, 1.807) is 13.1 Å². The van der Waals surface area contributed by atoms with Crippen molar-refractivity contribution in [2.24, 2.45) is 0 Å². The predicted octanol–water partition coefficient (Wildman–Crippen LogP) is 2.53. The highest BCUT2D eigenvalue weighted by Crippen LogP contribution is 2.26. The maximum Gasteiger partial charge on any atom is 0.270 e. The molecule has 0 saturated heterocycles. The summed E-state index contributed by atoms with van der Waals surface area (Å²) in [5, 5.41) is 6.80. The van der Waals surface area contributed by atoms with Crippen molar-refractivity contribution in [3.63, 3.8) is 0 Å². The Hall–Kier alpha value is -1.23. The van der Waals surface area contributed by atoms with Gasteiger partial charge in [-0.1, -0.05) is 6.07 Å². The Balaban J connectivity index is 1.90. The number of nitrogens with zero attached hydrogens (tertiary/aromatic N) is 1. The zero-order valence-electron chi connectivity index (χ0n) is 11.5. The average molecular weight is 279 g/mol. The second kappa shape index (κ2) is 6.80. The minimum Gasteiger partial charge on any atom is -0.373 e. The molecule has 1 aromatic heterocycles. The molecule has 19 heavy (non-hydrogen) atoms. The molecule has 0 radical (unpaired) electrons. The van der Waals surface area contributed by atoms with Crippen LogP contribution < -0.4 is 10.6 Å². The number of rotatable bonds is 4. The molecule has 5 heteroatoms. The third-order valence-electron chi connectivity index (χ3n) is 3.58. The summed E-state index contributed by atoms with van der Waals surface area (Å²) >= 11 is 1.93. The van der Waals surface area contributed by atoms with Crippen molar-refractivity contribution in [3.8, 4) is 0 Å². The lowest BCUT2D eigenvalue weighted by Crippen LogP contribution is -2.38. The van der Waals surface area contributed by atoms with Crippen LogP contribution in [0.15, 0.2) is 18.2 Å². The van der Waals surface area contributed by atoms with E-state index in [1.807, 2.05) is 23.9 Å². The lowest BCUT2D eigenvalue weighted by Gasteiger charge is -2.27. The molecule has 0 atom stereocenters. The standard InChI is InChI=1S/C14H21N3OS/c1-15-13-5-3-4-12(17-13)14(18)16-10-6-8-11(19-2)9-7-10/h3-5,10-11H,6-9H2,1-2H3,(H,15,17)(H,16,18). The van der Waals surface area contributed by atoms with Gasteiger partial charge >= 0.3 is 0 Å². The molecule has 1 aliphatic carbocycles. The first kappa shape index (κ1) is 14.2. The Labute approximate surface area is 118 Å². The van der Waals surface area contributed by atoms with E-state index in [4.69, 9.17) is 0 Å². The highest BCUT2D eigenvalue weighted by Gasteiger charge is 2.22. The molecule has 0 aromatic carbocycles. The molecule has 1 saturated carbocycles. The molecule has 0 spiro atoms. The molecular weight excluding hydrogens is 258 g/mol. The van der Waals surface area contributed by atoms with Crippen LogP contribution in [0.2, 0.25) is 0 Å². The quantitative estimate of drug-likeness (QED) is 0.889. The molecule has 1 aliphatic rings. The first-order valence-electron chi connectivity index (χ1n) is 6.71. The lowest BCUT2D eigenvalue weighted by molar-refractivity contribution is 0.0923. The monoisotopic (exact) mass is 279 g/mol. The molecule has 0 aliphatic heterocycles. The van der Waals surface area contributed by atoms with Gasteiger partial charge in [-0.3, -0.25) is 4.79 Å². The van der Waals surface area contributed by atoms with Gasteiger partial charge in [0.1, 0.15) is 11.5 Å². The Morgan fingerprint density at radius 1 is 1.32 bits per heavy atom. The smallest absolute Gasteiger partial charge is 0.270 e. The van der Waals surface area contributed by atoms with Gasteiger partial charge in [0.2, 0.25) is 0 Å². The van der Waals surface area contributed by atoms with Crippen LogP contribution in [0.25, 0.3) is 0 Å². The topological polar surface area (TPSA) is 54.0 Å². The van der Waals surface area contributed by atoms with E-state index in [1.165, 1.54) is 12.8 Å². The number of carbonyl (C=O) groups is 1. The van der Waals surface area contributed by atoms with E-state index in [-0.39, 0.29) is 5.91 Å². The summed E-state index contributed by atoms with van der Waals surface area (Å²) in [4.78, 5) is 16.4. The minimum absolute atomic E-state index is 0.0651. The van der Waals surface area contributed by atoms with Gasteiger partial charge in [-0.2, -0.15) is 11.8 Å². The summed E-state index contributed by atoms with van der Waals surface area (Å²) in [6.07, 6.45) is 6.69. The van der Waals surface area contributed by atoms with Crippen LogP contribution in [0.1, 0.15) is 36.2 Å². The molecule has 1 fully saturated rings. The number of hydrogen-bond acceptors (Lipinski definition) is 4. The van der Waals surface area contributed by atoms with Crippen LogP contribution >= 0.6 is 11.8 Å². The SMILES string of the molecule is CNc1cccc(C(=O)NC2CCC(SC)CC2)n1. The number of pyridine rings is 1. The fourth-order valence-corrected chi connectivity index (χ4v) is 3.15. The van der Waals surface area contributed by atoms with Crippen molar-refractivity contribution >= 4 is 23.5 Å². The highest BCUT2D eigenvalue weighted by atomic mass is 32.2. The average Bonchev–Trinajstić information content (AvgIpc) is 2.48. The molecule has 0 unspecified atom stereocenters. The Bertz CT molecular complexity index is 430. The first-order chi connectivity index (χ1) is 9.22. The second-order valence-corrected chi connectivity index (χ2v) is 5.98. The molecule has 1 amide bonds. The summed E-state index contributed by atoms with van der Waals surface area (Å²) in [6, 6.07) is 5.75. The molecule has 104 valence electrons. The van der Waals surface area contributed by atoms with E-state index < -0.39 is 0 Å². The Morgan fingerprint density at radius 2 is 2.05 bits per heavy atom. The predicted molar refractivity (Wildman–Crippen MR) is 80.8 cm³/mol. The normalized spacial score (nSPS) is 22.8. The number of hydrogen-bond donors (Lipinski definition) is 2. The zero-order valence-corrected chi connectivity index (χ0v) is 12.3. The van der Waals surface area contributed by atoms with Crippen molar-refractivity contribution in [3.05, 3.63) is 23.9 Å². The molecule has 0 bridgehead atoms. The number of thioether (sulfide) groups is 1. The lowest BCUT2D eigenvalue weighted by atomic mass is 9.95. The molecule has 1 heterocycles. The third kappa shape index (κ3) is 3.86. The number of anilines is 1. The molecule has 1 aromatic rings. The van der Waals surface area contributed by atoms with Crippen LogP contribution in [0.3, 0.4) is 0 Å². The Kier molecular flexibility index (Phi) is 5.07. The third-order valence-corrected chi connectivity index (χ3v) is 4.72. The second-order valence-electron chi connectivity index (χ2n) is 4.84. The van der Waals surface area contributed by atoms with Crippen LogP contribution in [0, 0.1) is 0 Å². The van der Waals surface area contributed by atoms with E-state index in [0.717, 1.165) is 23.9 Å². The summed E-state index contributed by atoms with van der Waals surface area (Å²) in [7, 11) is 1.80. The maximum absolute atomic E-state index is 12.1. The first-order valence-corrected chi connectivity index (χ1v) is 8.00. The van der Waals surface area contributed by atoms with Gasteiger partial charge in [0, 0.05) is 18.3 Å². The van der Waals surface area contributed by atoms with E-state index in [9.17, 15) is 4.79 Å². The molecule has 2 N–H and O–H groups in total. The molecule has 2 rings (SSSR count). The Morgan fingerprint density at radius 3 is 2.68 bits per heavy atom. The van der Waals surface area contributed by atoms with Crippen molar-refractivity contribution in [1.82, 2.24) is 10.3 Å². The molecular formula is C14H21N3OS. The maximum atomic E-state index is 12.1. The number of aromatic nitrogens is 1.